The van der Waals surface area contributed by atoms with Crippen molar-refractivity contribution in [2.45, 2.75) is 63.3 Å². The van der Waals surface area contributed by atoms with Crippen molar-refractivity contribution in [3.63, 3.8) is 0 Å². The van der Waals surface area contributed by atoms with Gasteiger partial charge in [0.25, 0.3) is 5.56 Å². The van der Waals surface area contributed by atoms with Gasteiger partial charge >= 0.3 is 0 Å². The molecule has 2 aromatic rings. The maximum atomic E-state index is 13.0. The van der Waals surface area contributed by atoms with Gasteiger partial charge in [-0.1, -0.05) is 11.8 Å². The first-order valence-corrected chi connectivity index (χ1v) is 10.4. The van der Waals surface area contributed by atoms with Gasteiger partial charge in [0.1, 0.15) is 4.83 Å². The highest BCUT2D eigenvalue weighted by Gasteiger charge is 2.23. The molecule has 4 rings (SSSR count). The highest BCUT2D eigenvalue weighted by molar-refractivity contribution is 7.99. The minimum atomic E-state index is 0.159. The fourth-order valence-corrected chi connectivity index (χ4v) is 5.98. The lowest BCUT2D eigenvalue weighted by Crippen LogP contribution is -2.23. The maximum Gasteiger partial charge on any atom is 0.263 e. The average molecular weight is 351 g/mol. The molecule has 0 saturated carbocycles. The van der Waals surface area contributed by atoms with Gasteiger partial charge in [-0.3, -0.25) is 9.36 Å². The molecule has 2 aliphatic rings. The van der Waals surface area contributed by atoms with E-state index in [-0.39, 0.29) is 5.56 Å². The summed E-state index contributed by atoms with van der Waals surface area (Å²) >= 11 is 3.41. The van der Waals surface area contributed by atoms with Crippen LogP contribution in [0.25, 0.3) is 10.2 Å². The van der Waals surface area contributed by atoms with Crippen molar-refractivity contribution in [2.24, 2.45) is 0 Å². The molecule has 6 heteroatoms. The molecular weight excluding hydrogens is 328 g/mol. The van der Waals surface area contributed by atoms with E-state index >= 15 is 0 Å². The van der Waals surface area contributed by atoms with Gasteiger partial charge in [-0.15, -0.1) is 11.3 Å². The average Bonchev–Trinajstić information content (AvgIpc) is 3.20. The largest absolute Gasteiger partial charge is 0.377 e. The third kappa shape index (κ3) is 2.85. The Labute approximate surface area is 144 Å². The number of aryl methyl sites for hydroxylation is 2. The first kappa shape index (κ1) is 15.7. The van der Waals surface area contributed by atoms with Crippen molar-refractivity contribution in [2.75, 3.05) is 12.4 Å². The van der Waals surface area contributed by atoms with Crippen LogP contribution in [0.3, 0.4) is 0 Å². The third-order valence-electron chi connectivity index (χ3n) is 4.78. The Balaban J connectivity index is 1.73. The summed E-state index contributed by atoms with van der Waals surface area (Å²) in [6.45, 7) is 3.58. The summed E-state index contributed by atoms with van der Waals surface area (Å²) in [4.78, 5) is 20.2. The van der Waals surface area contributed by atoms with Crippen LogP contribution in [-0.4, -0.2) is 28.0 Å². The zero-order valence-electron chi connectivity index (χ0n) is 13.5. The number of aromatic nitrogens is 2. The standard InChI is InChI=1S/C17H22N2O2S2/c1-2-19-16(20)14-12-7-3-4-8-13(12)23-15(14)18-17(19)22-10-11-6-5-9-21-11/h11H,2-10H2,1H3/t11-/m0/s1. The molecule has 0 amide bonds. The zero-order chi connectivity index (χ0) is 15.8. The first-order chi connectivity index (χ1) is 11.3. The van der Waals surface area contributed by atoms with E-state index in [1.807, 2.05) is 11.5 Å². The Morgan fingerprint density at radius 1 is 1.35 bits per heavy atom. The molecule has 1 fully saturated rings. The first-order valence-electron chi connectivity index (χ1n) is 8.57. The van der Waals surface area contributed by atoms with Crippen LogP contribution >= 0.6 is 23.1 Å². The van der Waals surface area contributed by atoms with Gasteiger partial charge in [-0.25, -0.2) is 4.98 Å². The number of hydrogen-bond acceptors (Lipinski definition) is 5. The molecule has 0 bridgehead atoms. The Kier molecular flexibility index (Phi) is 4.48. The minimum Gasteiger partial charge on any atom is -0.377 e. The molecule has 0 unspecified atom stereocenters. The second-order valence-corrected chi connectivity index (χ2v) is 8.35. The Hall–Kier alpha value is -0.850. The number of nitrogens with zero attached hydrogens (tertiary/aromatic N) is 2. The molecule has 1 saturated heterocycles. The SMILES string of the molecule is CCn1c(SC[C@@H]2CCCO2)nc2sc3c(c2c1=O)CCCC3. The van der Waals surface area contributed by atoms with E-state index in [2.05, 4.69) is 0 Å². The van der Waals surface area contributed by atoms with Crippen LogP contribution in [0.1, 0.15) is 43.0 Å². The molecule has 23 heavy (non-hydrogen) atoms. The van der Waals surface area contributed by atoms with Gasteiger partial charge in [0, 0.05) is 23.8 Å². The van der Waals surface area contributed by atoms with E-state index in [0.717, 1.165) is 53.4 Å². The second-order valence-electron chi connectivity index (χ2n) is 6.28. The van der Waals surface area contributed by atoms with E-state index in [9.17, 15) is 4.79 Å². The Morgan fingerprint density at radius 3 is 3.00 bits per heavy atom. The van der Waals surface area contributed by atoms with E-state index in [1.165, 1.54) is 23.3 Å². The van der Waals surface area contributed by atoms with Crippen LogP contribution in [0, 0.1) is 0 Å². The van der Waals surface area contributed by atoms with Gasteiger partial charge in [0.15, 0.2) is 5.16 Å². The molecule has 3 heterocycles. The lowest BCUT2D eigenvalue weighted by Gasteiger charge is -2.13. The Morgan fingerprint density at radius 2 is 2.22 bits per heavy atom. The van der Waals surface area contributed by atoms with Gasteiger partial charge in [0.05, 0.1) is 11.5 Å². The molecule has 1 atom stereocenters. The van der Waals surface area contributed by atoms with Crippen LogP contribution in [0.5, 0.6) is 0 Å². The number of ether oxygens (including phenoxy) is 1. The molecule has 0 aromatic carbocycles. The van der Waals surface area contributed by atoms with Crippen LogP contribution in [0.2, 0.25) is 0 Å². The molecule has 1 aliphatic heterocycles. The topological polar surface area (TPSA) is 44.1 Å². The predicted molar refractivity (Wildman–Crippen MR) is 95.9 cm³/mol. The number of fused-ring (bicyclic) bond motifs is 3. The molecule has 4 nitrogen and oxygen atoms in total. The number of rotatable bonds is 4. The molecular formula is C17H22N2O2S2. The summed E-state index contributed by atoms with van der Waals surface area (Å²) in [5, 5.41) is 1.76. The monoisotopic (exact) mass is 350 g/mol. The van der Waals surface area contributed by atoms with E-state index in [1.54, 1.807) is 23.1 Å². The molecule has 0 N–H and O–H groups in total. The summed E-state index contributed by atoms with van der Waals surface area (Å²) in [6.07, 6.45) is 7.17. The van der Waals surface area contributed by atoms with Gasteiger partial charge < -0.3 is 4.74 Å². The summed E-state index contributed by atoms with van der Waals surface area (Å²) in [5.41, 5.74) is 1.44. The summed E-state index contributed by atoms with van der Waals surface area (Å²) in [6, 6.07) is 0. The number of thiophene rings is 1. The lowest BCUT2D eigenvalue weighted by molar-refractivity contribution is 0.129. The van der Waals surface area contributed by atoms with Crippen LogP contribution in [0.15, 0.2) is 9.95 Å². The van der Waals surface area contributed by atoms with Gasteiger partial charge in [0.2, 0.25) is 0 Å². The van der Waals surface area contributed by atoms with Crippen molar-refractivity contribution < 1.29 is 4.74 Å². The van der Waals surface area contributed by atoms with Crippen molar-refractivity contribution in [1.29, 1.82) is 0 Å². The molecule has 1 aliphatic carbocycles. The molecule has 0 radical (unpaired) electrons. The van der Waals surface area contributed by atoms with Crippen molar-refractivity contribution in [3.05, 3.63) is 20.8 Å². The highest BCUT2D eigenvalue weighted by atomic mass is 32.2. The van der Waals surface area contributed by atoms with Crippen molar-refractivity contribution in [3.8, 4) is 0 Å². The number of hydrogen-bond donors (Lipinski definition) is 0. The van der Waals surface area contributed by atoms with E-state index in [0.29, 0.717) is 12.6 Å². The second kappa shape index (κ2) is 6.57. The summed E-state index contributed by atoms with van der Waals surface area (Å²) in [7, 11) is 0. The highest BCUT2D eigenvalue weighted by Crippen LogP contribution is 2.35. The molecule has 124 valence electrons. The maximum absolute atomic E-state index is 13.0. The lowest BCUT2D eigenvalue weighted by atomic mass is 9.97. The zero-order valence-corrected chi connectivity index (χ0v) is 15.1. The van der Waals surface area contributed by atoms with Gasteiger partial charge in [-0.05, 0) is 51.0 Å². The summed E-state index contributed by atoms with van der Waals surface area (Å²) in [5.74, 6) is 0.892. The van der Waals surface area contributed by atoms with Gasteiger partial charge in [-0.2, -0.15) is 0 Å². The predicted octanol–water partition coefficient (Wildman–Crippen LogP) is 3.63. The molecule has 0 spiro atoms. The number of thioether (sulfide) groups is 1. The quantitative estimate of drug-likeness (QED) is 0.624. The minimum absolute atomic E-state index is 0.159. The van der Waals surface area contributed by atoms with E-state index in [4.69, 9.17) is 9.72 Å². The van der Waals surface area contributed by atoms with Crippen LogP contribution in [-0.2, 0) is 24.1 Å². The fourth-order valence-electron chi connectivity index (χ4n) is 3.55. The third-order valence-corrected chi connectivity index (χ3v) is 7.07. The van der Waals surface area contributed by atoms with E-state index < -0.39 is 0 Å². The van der Waals surface area contributed by atoms with Crippen LogP contribution in [0.4, 0.5) is 0 Å². The van der Waals surface area contributed by atoms with Crippen LogP contribution < -0.4 is 5.56 Å². The smallest absolute Gasteiger partial charge is 0.263 e. The normalized spacial score (nSPS) is 21.0. The Bertz CT molecular complexity index is 775. The van der Waals surface area contributed by atoms with Crippen molar-refractivity contribution >= 4 is 33.3 Å². The summed E-state index contributed by atoms with van der Waals surface area (Å²) < 4.78 is 7.55. The fraction of sp³-hybridized carbons (Fsp3) is 0.647. The van der Waals surface area contributed by atoms with Crippen molar-refractivity contribution in [1.82, 2.24) is 9.55 Å². The molecule has 2 aromatic heterocycles.